The Balaban J connectivity index is 1.39. The minimum absolute atomic E-state index is 0.00515. The van der Waals surface area contributed by atoms with E-state index in [0.717, 1.165) is 36.9 Å². The fourth-order valence-corrected chi connectivity index (χ4v) is 5.15. The number of pyridine rings is 1. The highest BCUT2D eigenvalue weighted by molar-refractivity contribution is 9.10. The van der Waals surface area contributed by atoms with Crippen molar-refractivity contribution >= 4 is 39.5 Å². The Bertz CT molecular complexity index is 1110. The number of nitrogens with zero attached hydrogens (tertiary/aromatic N) is 3. The normalized spacial score (nSPS) is 19.4. The lowest BCUT2D eigenvalue weighted by Crippen LogP contribution is -2.51. The van der Waals surface area contributed by atoms with Gasteiger partial charge in [-0.25, -0.2) is 9.78 Å². The fraction of sp³-hybridized carbons (Fsp3) is 0.440. The topological polar surface area (TPSA) is 103 Å². The molecule has 1 aromatic heterocycles. The molecule has 0 radical (unpaired) electrons. The Morgan fingerprint density at radius 1 is 1.15 bits per heavy atom. The summed E-state index contributed by atoms with van der Waals surface area (Å²) in [6, 6.07) is 8.65. The fourth-order valence-electron chi connectivity index (χ4n) is 4.90. The summed E-state index contributed by atoms with van der Waals surface area (Å²) in [6.07, 6.45) is 2.44. The van der Waals surface area contributed by atoms with Crippen molar-refractivity contribution in [2.75, 3.05) is 18.4 Å². The number of aryl methyl sites for hydroxylation is 2. The molecule has 0 bridgehead atoms. The van der Waals surface area contributed by atoms with Crippen LogP contribution in [0.5, 0.6) is 0 Å². The van der Waals surface area contributed by atoms with E-state index < -0.39 is 12.0 Å². The molecule has 180 valence electrons. The van der Waals surface area contributed by atoms with Crippen molar-refractivity contribution in [2.24, 2.45) is 0 Å². The quantitative estimate of drug-likeness (QED) is 0.591. The monoisotopic (exact) mass is 528 g/mol. The summed E-state index contributed by atoms with van der Waals surface area (Å²) in [6.45, 7) is 6.35. The highest BCUT2D eigenvalue weighted by atomic mass is 79.9. The zero-order valence-electron chi connectivity index (χ0n) is 19.4. The molecule has 0 aliphatic carbocycles. The lowest BCUT2D eigenvalue weighted by atomic mass is 10.0. The van der Waals surface area contributed by atoms with Crippen molar-refractivity contribution in [1.29, 1.82) is 0 Å². The summed E-state index contributed by atoms with van der Waals surface area (Å²) in [5.41, 5.74) is 3.04. The number of amides is 2. The van der Waals surface area contributed by atoms with Crippen molar-refractivity contribution in [3.05, 3.63) is 57.2 Å². The number of hydrogen-bond donors (Lipinski definition) is 2. The maximum absolute atomic E-state index is 13.1. The van der Waals surface area contributed by atoms with Gasteiger partial charge < -0.3 is 15.3 Å². The molecular weight excluding hydrogens is 500 g/mol. The van der Waals surface area contributed by atoms with Gasteiger partial charge in [-0.3, -0.25) is 14.5 Å². The number of anilines is 1. The molecule has 2 aliphatic rings. The molecule has 2 aliphatic heterocycles. The average Bonchev–Trinajstić information content (AvgIpc) is 3.18. The van der Waals surface area contributed by atoms with Crippen LogP contribution in [-0.4, -0.2) is 62.8 Å². The van der Waals surface area contributed by atoms with Gasteiger partial charge >= 0.3 is 5.97 Å². The van der Waals surface area contributed by atoms with Crippen LogP contribution in [0.4, 0.5) is 5.82 Å². The van der Waals surface area contributed by atoms with E-state index >= 15 is 0 Å². The van der Waals surface area contributed by atoms with Crippen LogP contribution in [-0.2, 0) is 16.1 Å². The molecule has 2 aromatic rings. The molecule has 2 fully saturated rings. The maximum atomic E-state index is 13.1. The van der Waals surface area contributed by atoms with E-state index in [1.165, 1.54) is 23.3 Å². The van der Waals surface area contributed by atoms with Crippen LogP contribution in [0.2, 0.25) is 0 Å². The number of carbonyl (C=O) groups is 3. The highest BCUT2D eigenvalue weighted by Crippen LogP contribution is 2.29. The van der Waals surface area contributed by atoms with E-state index in [0.29, 0.717) is 18.5 Å². The van der Waals surface area contributed by atoms with Crippen molar-refractivity contribution in [3.63, 3.8) is 0 Å². The lowest BCUT2D eigenvalue weighted by Gasteiger charge is -2.39. The van der Waals surface area contributed by atoms with Gasteiger partial charge in [0.25, 0.3) is 0 Å². The molecule has 2 amide bonds. The van der Waals surface area contributed by atoms with E-state index in [1.54, 1.807) is 11.8 Å². The van der Waals surface area contributed by atoms with Crippen LogP contribution in [0, 0.1) is 13.8 Å². The number of benzene rings is 1. The maximum Gasteiger partial charge on any atom is 0.335 e. The molecule has 0 unspecified atom stereocenters. The third-order valence-electron chi connectivity index (χ3n) is 6.59. The SMILES string of the molecule is Cc1cc(C(=O)O)cc(NC(=O)[C@H]2CCC(=O)N2C2CCN(Cc3ccc(Br)c(C)c3)CC2)n1. The largest absolute Gasteiger partial charge is 0.478 e. The van der Waals surface area contributed by atoms with Gasteiger partial charge in [0.1, 0.15) is 11.9 Å². The number of aromatic carboxylic acids is 1. The van der Waals surface area contributed by atoms with Gasteiger partial charge in [0.15, 0.2) is 0 Å². The number of rotatable bonds is 6. The number of piperidine rings is 1. The van der Waals surface area contributed by atoms with Crippen molar-refractivity contribution in [1.82, 2.24) is 14.8 Å². The summed E-state index contributed by atoms with van der Waals surface area (Å²) < 4.78 is 1.10. The number of carboxylic acids is 1. The van der Waals surface area contributed by atoms with Crippen LogP contribution in [0.25, 0.3) is 0 Å². The van der Waals surface area contributed by atoms with Crippen LogP contribution in [0.15, 0.2) is 34.8 Å². The number of aromatic nitrogens is 1. The third-order valence-corrected chi connectivity index (χ3v) is 7.48. The zero-order valence-corrected chi connectivity index (χ0v) is 21.0. The number of carboxylic acid groups (broad SMARTS) is 1. The first-order valence-electron chi connectivity index (χ1n) is 11.5. The number of carbonyl (C=O) groups excluding carboxylic acids is 2. The van der Waals surface area contributed by atoms with Crippen molar-refractivity contribution < 1.29 is 19.5 Å². The van der Waals surface area contributed by atoms with E-state index in [2.05, 4.69) is 56.3 Å². The van der Waals surface area contributed by atoms with Gasteiger partial charge in [-0.15, -0.1) is 0 Å². The van der Waals surface area contributed by atoms with Crippen LogP contribution < -0.4 is 5.32 Å². The summed E-state index contributed by atoms with van der Waals surface area (Å²) in [7, 11) is 0. The minimum Gasteiger partial charge on any atom is -0.478 e. The molecule has 4 rings (SSSR count). The Morgan fingerprint density at radius 2 is 1.88 bits per heavy atom. The molecule has 0 saturated carbocycles. The number of halogens is 1. The van der Waals surface area contributed by atoms with Crippen molar-refractivity contribution in [2.45, 2.75) is 58.2 Å². The standard InChI is InChI=1S/C25H29BrN4O4/c1-15-11-17(3-4-20(15)26)14-29-9-7-19(8-10-29)30-21(5-6-23(30)31)24(32)28-22-13-18(25(33)34)12-16(2)27-22/h3-4,11-13,19,21H,5-10,14H2,1-2H3,(H,33,34)(H,27,28,32)/t21-/m1/s1. The molecule has 3 heterocycles. The molecule has 9 heteroatoms. The summed E-state index contributed by atoms with van der Waals surface area (Å²) in [5.74, 6) is -1.19. The lowest BCUT2D eigenvalue weighted by molar-refractivity contribution is -0.136. The summed E-state index contributed by atoms with van der Waals surface area (Å²) in [4.78, 5) is 45.5. The molecule has 1 atom stereocenters. The number of hydrogen-bond acceptors (Lipinski definition) is 5. The molecule has 2 saturated heterocycles. The van der Waals surface area contributed by atoms with Gasteiger partial charge in [-0.05, 0) is 62.4 Å². The molecule has 34 heavy (non-hydrogen) atoms. The molecule has 8 nitrogen and oxygen atoms in total. The zero-order chi connectivity index (χ0) is 24.4. The van der Waals surface area contributed by atoms with Gasteiger partial charge in [0.05, 0.1) is 5.56 Å². The Labute approximate surface area is 207 Å². The van der Waals surface area contributed by atoms with E-state index in [-0.39, 0.29) is 29.2 Å². The predicted octanol–water partition coefficient (Wildman–Crippen LogP) is 3.75. The Morgan fingerprint density at radius 3 is 2.56 bits per heavy atom. The second-order valence-electron chi connectivity index (χ2n) is 9.12. The molecule has 1 aromatic carbocycles. The van der Waals surface area contributed by atoms with Crippen LogP contribution >= 0.6 is 15.9 Å². The minimum atomic E-state index is -1.08. The van der Waals surface area contributed by atoms with Gasteiger partial charge in [0.2, 0.25) is 11.8 Å². The summed E-state index contributed by atoms with van der Waals surface area (Å²) in [5, 5.41) is 12.0. The Kier molecular flexibility index (Phi) is 7.33. The predicted molar refractivity (Wildman–Crippen MR) is 132 cm³/mol. The van der Waals surface area contributed by atoms with Gasteiger partial charge in [-0.2, -0.15) is 0 Å². The third kappa shape index (κ3) is 5.47. The first kappa shape index (κ1) is 24.3. The smallest absolute Gasteiger partial charge is 0.335 e. The number of likely N-dealkylation sites (tertiary alicyclic amines) is 2. The second kappa shape index (κ2) is 10.2. The van der Waals surface area contributed by atoms with E-state index in [9.17, 15) is 19.5 Å². The Hall–Kier alpha value is -2.78. The first-order valence-corrected chi connectivity index (χ1v) is 12.3. The van der Waals surface area contributed by atoms with Crippen LogP contribution in [0.3, 0.4) is 0 Å². The molecule has 2 N–H and O–H groups in total. The van der Waals surface area contributed by atoms with Crippen LogP contribution in [0.1, 0.15) is 52.9 Å². The van der Waals surface area contributed by atoms with Crippen molar-refractivity contribution in [3.8, 4) is 0 Å². The average molecular weight is 529 g/mol. The van der Waals surface area contributed by atoms with E-state index in [4.69, 9.17) is 0 Å². The first-order chi connectivity index (χ1) is 16.2. The summed E-state index contributed by atoms with van der Waals surface area (Å²) >= 11 is 3.54. The van der Waals surface area contributed by atoms with Gasteiger partial charge in [-0.1, -0.05) is 28.1 Å². The number of nitrogens with one attached hydrogen (secondary N) is 1. The highest BCUT2D eigenvalue weighted by Gasteiger charge is 2.41. The van der Waals surface area contributed by atoms with Gasteiger partial charge in [0, 0.05) is 42.3 Å². The second-order valence-corrected chi connectivity index (χ2v) is 9.98. The van der Waals surface area contributed by atoms with E-state index in [1.807, 2.05) is 0 Å². The molecular formula is C25H29BrN4O4. The molecule has 0 spiro atoms.